The lowest BCUT2D eigenvalue weighted by molar-refractivity contribution is -0.384. The number of non-ortho nitro benzene ring substituents is 1. The third-order valence-electron chi connectivity index (χ3n) is 3.99. The first-order valence-electron chi connectivity index (χ1n) is 8.28. The van der Waals surface area contributed by atoms with Crippen LogP contribution in [0.1, 0.15) is 10.7 Å². The van der Waals surface area contributed by atoms with Crippen LogP contribution in [-0.2, 0) is 0 Å². The van der Waals surface area contributed by atoms with E-state index in [4.69, 9.17) is 18.6 Å². The van der Waals surface area contributed by atoms with Crippen molar-refractivity contribution in [3.63, 3.8) is 0 Å². The number of nitro groups is 1. The van der Waals surface area contributed by atoms with Crippen LogP contribution in [-0.4, -0.2) is 37.1 Å². The molecule has 2 aromatic carbocycles. The smallest absolute Gasteiger partial charge is 0.311 e. The predicted molar refractivity (Wildman–Crippen MR) is 103 cm³/mol. The van der Waals surface area contributed by atoms with E-state index in [1.165, 1.54) is 51.8 Å². The molecule has 10 nitrogen and oxygen atoms in total. The number of ether oxygens (including phenoxy) is 3. The summed E-state index contributed by atoms with van der Waals surface area (Å²) in [5, 5.41) is 13.3. The minimum absolute atomic E-state index is 0.0798. The Morgan fingerprint density at radius 2 is 1.69 bits per heavy atom. The Hall–Kier alpha value is -4.08. The normalized spacial score (nSPS) is 10.3. The highest BCUT2D eigenvalue weighted by Crippen LogP contribution is 2.41. The molecule has 1 N–H and O–H groups in total. The lowest BCUT2D eigenvalue weighted by Gasteiger charge is -2.13. The lowest BCUT2D eigenvalue weighted by Crippen LogP contribution is -2.12. The van der Waals surface area contributed by atoms with E-state index in [9.17, 15) is 14.9 Å². The Morgan fingerprint density at radius 3 is 2.21 bits per heavy atom. The van der Waals surface area contributed by atoms with Gasteiger partial charge in [-0.1, -0.05) is 0 Å². The Kier molecular flexibility index (Phi) is 5.63. The molecule has 0 saturated carbocycles. The molecule has 0 aliphatic heterocycles. The number of hydrogen-bond acceptors (Lipinski definition) is 8. The number of rotatable bonds is 7. The summed E-state index contributed by atoms with van der Waals surface area (Å²) in [7, 11) is 4.48. The standard InChI is InChI=1S/C19H17N3O7/c1-26-14-8-11(9-15(27-2)17(14)28-3)16-10-20-19(29-16)18(23)21-12-4-6-13(7-5-12)22(24)25/h4-10H,1-3H3,(H,21,23). The van der Waals surface area contributed by atoms with Crippen molar-refractivity contribution in [2.24, 2.45) is 0 Å². The van der Waals surface area contributed by atoms with Crippen LogP contribution < -0.4 is 19.5 Å². The molecule has 1 aromatic heterocycles. The van der Waals surface area contributed by atoms with Crippen LogP contribution in [0.2, 0.25) is 0 Å². The van der Waals surface area contributed by atoms with Gasteiger partial charge in [-0.3, -0.25) is 14.9 Å². The molecule has 0 radical (unpaired) electrons. The first-order valence-corrected chi connectivity index (χ1v) is 8.28. The molecular weight excluding hydrogens is 382 g/mol. The quantitative estimate of drug-likeness (QED) is 0.472. The van der Waals surface area contributed by atoms with Crippen molar-refractivity contribution in [2.75, 3.05) is 26.6 Å². The third kappa shape index (κ3) is 4.10. The average Bonchev–Trinajstić information content (AvgIpc) is 3.23. The van der Waals surface area contributed by atoms with Crippen LogP contribution >= 0.6 is 0 Å². The van der Waals surface area contributed by atoms with Gasteiger partial charge in [-0.25, -0.2) is 4.98 Å². The monoisotopic (exact) mass is 399 g/mol. The minimum atomic E-state index is -0.599. The summed E-state index contributed by atoms with van der Waals surface area (Å²) < 4.78 is 21.4. The summed E-state index contributed by atoms with van der Waals surface area (Å²) in [6, 6.07) is 8.73. The van der Waals surface area contributed by atoms with E-state index in [1.807, 2.05) is 0 Å². The van der Waals surface area contributed by atoms with Gasteiger partial charge in [0.25, 0.3) is 11.6 Å². The predicted octanol–water partition coefficient (Wildman–Crippen LogP) is 3.53. The molecule has 0 unspecified atom stereocenters. The van der Waals surface area contributed by atoms with Crippen molar-refractivity contribution in [2.45, 2.75) is 0 Å². The van der Waals surface area contributed by atoms with Crippen LogP contribution in [0.3, 0.4) is 0 Å². The fourth-order valence-electron chi connectivity index (χ4n) is 2.59. The van der Waals surface area contributed by atoms with E-state index in [0.717, 1.165) is 0 Å². The zero-order valence-corrected chi connectivity index (χ0v) is 15.8. The molecule has 0 atom stereocenters. The Bertz CT molecular complexity index is 1020. The molecular formula is C19H17N3O7. The van der Waals surface area contributed by atoms with Crippen LogP contribution in [0.4, 0.5) is 11.4 Å². The molecule has 150 valence electrons. The molecule has 0 spiro atoms. The van der Waals surface area contributed by atoms with Gasteiger partial charge >= 0.3 is 5.91 Å². The highest BCUT2D eigenvalue weighted by molar-refractivity contribution is 6.01. The first-order chi connectivity index (χ1) is 14.0. The largest absolute Gasteiger partial charge is 0.493 e. The summed E-state index contributed by atoms with van der Waals surface area (Å²) in [5.74, 6) is 0.822. The molecule has 3 aromatic rings. The van der Waals surface area contributed by atoms with E-state index in [-0.39, 0.29) is 11.6 Å². The second kappa shape index (κ2) is 8.30. The van der Waals surface area contributed by atoms with Crippen molar-refractivity contribution < 1.29 is 28.3 Å². The number of hydrogen-bond donors (Lipinski definition) is 1. The molecule has 0 saturated heterocycles. The van der Waals surface area contributed by atoms with E-state index in [1.54, 1.807) is 12.1 Å². The topological polar surface area (TPSA) is 126 Å². The third-order valence-corrected chi connectivity index (χ3v) is 3.99. The summed E-state index contributed by atoms with van der Waals surface area (Å²) in [6.07, 6.45) is 1.39. The molecule has 29 heavy (non-hydrogen) atoms. The molecule has 1 amide bonds. The number of oxazole rings is 1. The van der Waals surface area contributed by atoms with Gasteiger partial charge in [-0.15, -0.1) is 0 Å². The van der Waals surface area contributed by atoms with E-state index >= 15 is 0 Å². The summed E-state index contributed by atoms with van der Waals surface area (Å²) in [4.78, 5) is 26.5. The molecule has 1 heterocycles. The molecule has 0 aliphatic carbocycles. The van der Waals surface area contributed by atoms with Gasteiger partial charge in [-0.05, 0) is 24.3 Å². The number of nitrogens with zero attached hydrogens (tertiary/aromatic N) is 2. The zero-order chi connectivity index (χ0) is 21.0. The molecule has 3 rings (SSSR count). The fourth-order valence-corrected chi connectivity index (χ4v) is 2.59. The van der Waals surface area contributed by atoms with Gasteiger partial charge in [0, 0.05) is 23.4 Å². The Morgan fingerprint density at radius 1 is 1.07 bits per heavy atom. The Balaban J connectivity index is 1.83. The second-order valence-corrected chi connectivity index (χ2v) is 5.70. The van der Waals surface area contributed by atoms with Gasteiger partial charge in [0.2, 0.25) is 5.75 Å². The van der Waals surface area contributed by atoms with E-state index in [2.05, 4.69) is 10.3 Å². The van der Waals surface area contributed by atoms with Crippen LogP contribution in [0.15, 0.2) is 47.0 Å². The van der Waals surface area contributed by atoms with Crippen molar-refractivity contribution >= 4 is 17.3 Å². The SMILES string of the molecule is COc1cc(-c2cnc(C(=O)Nc3ccc([N+](=O)[O-])cc3)o2)cc(OC)c1OC. The average molecular weight is 399 g/mol. The van der Waals surface area contributed by atoms with Crippen LogP contribution in [0.5, 0.6) is 17.2 Å². The number of carbonyl (C=O) groups excluding carboxylic acids is 1. The van der Waals surface area contributed by atoms with E-state index < -0.39 is 10.8 Å². The molecule has 10 heteroatoms. The number of anilines is 1. The van der Waals surface area contributed by atoms with Gasteiger partial charge in [0.05, 0.1) is 32.4 Å². The number of aromatic nitrogens is 1. The highest BCUT2D eigenvalue weighted by Gasteiger charge is 2.19. The van der Waals surface area contributed by atoms with Crippen molar-refractivity contribution in [1.29, 1.82) is 0 Å². The van der Waals surface area contributed by atoms with Crippen molar-refractivity contribution in [3.8, 4) is 28.6 Å². The van der Waals surface area contributed by atoms with Crippen molar-refractivity contribution in [1.82, 2.24) is 4.98 Å². The summed E-state index contributed by atoms with van der Waals surface area (Å²) in [5.41, 5.74) is 0.860. The molecule has 0 aliphatic rings. The Labute approximate surface area is 165 Å². The maximum absolute atomic E-state index is 12.4. The number of benzene rings is 2. The van der Waals surface area contributed by atoms with Crippen LogP contribution in [0.25, 0.3) is 11.3 Å². The van der Waals surface area contributed by atoms with Crippen molar-refractivity contribution in [3.05, 3.63) is 58.6 Å². The van der Waals surface area contributed by atoms with E-state index in [0.29, 0.717) is 34.3 Å². The fraction of sp³-hybridized carbons (Fsp3) is 0.158. The number of carbonyl (C=O) groups is 1. The number of nitrogens with one attached hydrogen (secondary N) is 1. The molecule has 0 bridgehead atoms. The lowest BCUT2D eigenvalue weighted by atomic mass is 10.1. The first kappa shape index (κ1) is 19.7. The number of amides is 1. The van der Waals surface area contributed by atoms with Gasteiger partial charge in [0.1, 0.15) is 0 Å². The highest BCUT2D eigenvalue weighted by atomic mass is 16.6. The maximum atomic E-state index is 12.4. The second-order valence-electron chi connectivity index (χ2n) is 5.70. The van der Waals surface area contributed by atoms with Gasteiger partial charge in [0.15, 0.2) is 17.3 Å². The summed E-state index contributed by atoms with van der Waals surface area (Å²) in [6.45, 7) is 0. The number of methoxy groups -OCH3 is 3. The van der Waals surface area contributed by atoms with Gasteiger partial charge < -0.3 is 23.9 Å². The summed E-state index contributed by atoms with van der Waals surface area (Å²) >= 11 is 0. The van der Waals surface area contributed by atoms with Gasteiger partial charge in [-0.2, -0.15) is 0 Å². The van der Waals surface area contributed by atoms with Crippen LogP contribution in [0, 0.1) is 10.1 Å². The zero-order valence-electron chi connectivity index (χ0n) is 15.8. The maximum Gasteiger partial charge on any atom is 0.311 e. The molecule has 0 fully saturated rings. The minimum Gasteiger partial charge on any atom is -0.493 e. The number of nitro benzene ring substituents is 1.